The van der Waals surface area contributed by atoms with E-state index in [9.17, 15) is 0 Å². The van der Waals surface area contributed by atoms with E-state index in [1.165, 1.54) is 5.57 Å². The Labute approximate surface area is 96.3 Å². The maximum atomic E-state index is 6.21. The number of hydrogen-bond acceptors (Lipinski definition) is 0. The van der Waals surface area contributed by atoms with Crippen LogP contribution in [0.3, 0.4) is 0 Å². The Kier molecular flexibility index (Phi) is 2.70. The fourth-order valence-electron chi connectivity index (χ4n) is 1.80. The van der Waals surface area contributed by atoms with Crippen LogP contribution in [-0.2, 0) is 5.41 Å². The molecule has 1 radical (unpaired) electrons. The SMILES string of the molecule is CC1=C[CH]C(C)(c2ccccc2Cl)C=C1. The minimum Gasteiger partial charge on any atom is -0.0840 e. The molecule has 1 aliphatic rings. The van der Waals surface area contributed by atoms with E-state index in [0.29, 0.717) is 0 Å². The molecular formula is C14H14Cl. The standard InChI is InChI=1S/C14H14Cl/c1-11-7-9-14(2,10-8-11)12-5-3-4-6-13(12)15/h3-10H,1-2H3. The van der Waals surface area contributed by atoms with Crippen molar-refractivity contribution in [2.45, 2.75) is 19.3 Å². The zero-order chi connectivity index (χ0) is 10.9. The van der Waals surface area contributed by atoms with Crippen molar-refractivity contribution in [1.29, 1.82) is 0 Å². The van der Waals surface area contributed by atoms with Crippen molar-refractivity contribution in [3.63, 3.8) is 0 Å². The van der Waals surface area contributed by atoms with Gasteiger partial charge in [0.05, 0.1) is 0 Å². The molecule has 0 heterocycles. The molecule has 0 N–H and O–H groups in total. The van der Waals surface area contributed by atoms with E-state index in [4.69, 9.17) is 11.6 Å². The Morgan fingerprint density at radius 2 is 1.93 bits per heavy atom. The lowest BCUT2D eigenvalue weighted by Gasteiger charge is -2.28. The molecule has 1 aromatic rings. The lowest BCUT2D eigenvalue weighted by Crippen LogP contribution is -2.21. The van der Waals surface area contributed by atoms with E-state index in [1.807, 2.05) is 18.2 Å². The third kappa shape index (κ3) is 2.00. The summed E-state index contributed by atoms with van der Waals surface area (Å²) in [5.41, 5.74) is 2.36. The zero-order valence-electron chi connectivity index (χ0n) is 9.00. The van der Waals surface area contributed by atoms with Crippen LogP contribution in [0, 0.1) is 6.42 Å². The maximum Gasteiger partial charge on any atom is 0.0446 e. The zero-order valence-corrected chi connectivity index (χ0v) is 9.75. The van der Waals surface area contributed by atoms with Gasteiger partial charge in [0.1, 0.15) is 0 Å². The summed E-state index contributed by atoms with van der Waals surface area (Å²) >= 11 is 6.21. The van der Waals surface area contributed by atoms with Gasteiger partial charge < -0.3 is 0 Å². The van der Waals surface area contributed by atoms with Gasteiger partial charge in [-0.3, -0.25) is 0 Å². The molecule has 1 atom stereocenters. The van der Waals surface area contributed by atoms with Crippen molar-refractivity contribution in [3.8, 4) is 0 Å². The minimum atomic E-state index is -0.0716. The molecule has 1 heteroatoms. The van der Waals surface area contributed by atoms with Crippen molar-refractivity contribution in [3.05, 3.63) is 65.1 Å². The molecule has 0 aliphatic heterocycles. The molecule has 0 aromatic heterocycles. The van der Waals surface area contributed by atoms with Gasteiger partial charge in [-0.2, -0.15) is 0 Å². The molecule has 0 spiro atoms. The molecule has 0 saturated heterocycles. The van der Waals surface area contributed by atoms with Crippen LogP contribution in [0.15, 0.2) is 48.1 Å². The smallest absolute Gasteiger partial charge is 0.0446 e. The summed E-state index contributed by atoms with van der Waals surface area (Å²) in [6, 6.07) is 8.01. The molecule has 0 fully saturated rings. The summed E-state index contributed by atoms with van der Waals surface area (Å²) < 4.78 is 0. The Hall–Kier alpha value is -1.01. The van der Waals surface area contributed by atoms with Crippen LogP contribution in [0.25, 0.3) is 0 Å². The predicted molar refractivity (Wildman–Crippen MR) is 66.0 cm³/mol. The summed E-state index contributed by atoms with van der Waals surface area (Å²) in [5, 5.41) is 0.828. The first-order valence-corrected chi connectivity index (χ1v) is 5.47. The van der Waals surface area contributed by atoms with Crippen LogP contribution in [0.5, 0.6) is 0 Å². The van der Waals surface area contributed by atoms with Crippen LogP contribution >= 0.6 is 11.6 Å². The molecule has 2 rings (SSSR count). The molecule has 0 nitrogen and oxygen atoms in total. The highest BCUT2D eigenvalue weighted by atomic mass is 35.5. The van der Waals surface area contributed by atoms with E-state index < -0.39 is 0 Å². The number of rotatable bonds is 1. The van der Waals surface area contributed by atoms with Gasteiger partial charge in [-0.25, -0.2) is 0 Å². The number of hydrogen-bond donors (Lipinski definition) is 0. The van der Waals surface area contributed by atoms with Crippen molar-refractivity contribution < 1.29 is 0 Å². The second-order valence-corrected chi connectivity index (χ2v) is 4.58. The van der Waals surface area contributed by atoms with Gasteiger partial charge in [0.2, 0.25) is 0 Å². The highest BCUT2D eigenvalue weighted by molar-refractivity contribution is 6.31. The molecule has 77 valence electrons. The van der Waals surface area contributed by atoms with Gasteiger partial charge >= 0.3 is 0 Å². The number of allylic oxidation sites excluding steroid dienone is 4. The van der Waals surface area contributed by atoms with Crippen LogP contribution < -0.4 is 0 Å². The van der Waals surface area contributed by atoms with Crippen molar-refractivity contribution >= 4 is 11.6 Å². The monoisotopic (exact) mass is 217 g/mol. The molecule has 1 unspecified atom stereocenters. The molecule has 0 bridgehead atoms. The van der Waals surface area contributed by atoms with Gasteiger partial charge in [-0.15, -0.1) is 0 Å². The van der Waals surface area contributed by atoms with Gasteiger partial charge in [0, 0.05) is 10.4 Å². The van der Waals surface area contributed by atoms with Gasteiger partial charge in [-0.05, 0) is 25.0 Å². The Bertz CT molecular complexity index is 429. The second-order valence-electron chi connectivity index (χ2n) is 4.17. The summed E-state index contributed by atoms with van der Waals surface area (Å²) in [6.07, 6.45) is 8.68. The Balaban J connectivity index is 2.40. The predicted octanol–water partition coefficient (Wildman–Crippen LogP) is 4.32. The van der Waals surface area contributed by atoms with Crippen molar-refractivity contribution in [2.75, 3.05) is 0 Å². The Morgan fingerprint density at radius 3 is 2.53 bits per heavy atom. The topological polar surface area (TPSA) is 0 Å². The van der Waals surface area contributed by atoms with Crippen LogP contribution in [0.2, 0.25) is 5.02 Å². The Morgan fingerprint density at radius 1 is 1.20 bits per heavy atom. The van der Waals surface area contributed by atoms with Gasteiger partial charge in [0.25, 0.3) is 0 Å². The highest BCUT2D eigenvalue weighted by Crippen LogP contribution is 2.36. The first-order chi connectivity index (χ1) is 7.12. The maximum absolute atomic E-state index is 6.21. The summed E-state index contributed by atoms with van der Waals surface area (Å²) in [5.74, 6) is 0. The van der Waals surface area contributed by atoms with Gasteiger partial charge in [0.15, 0.2) is 0 Å². The lowest BCUT2D eigenvalue weighted by molar-refractivity contribution is 0.707. The van der Waals surface area contributed by atoms with Crippen molar-refractivity contribution in [2.24, 2.45) is 0 Å². The molecular weight excluding hydrogens is 204 g/mol. The first-order valence-electron chi connectivity index (χ1n) is 5.09. The van der Waals surface area contributed by atoms with Gasteiger partial charge in [-0.1, -0.05) is 60.5 Å². The fourth-order valence-corrected chi connectivity index (χ4v) is 2.14. The summed E-state index contributed by atoms with van der Waals surface area (Å²) in [6.45, 7) is 4.27. The van der Waals surface area contributed by atoms with Crippen LogP contribution in [0.1, 0.15) is 19.4 Å². The number of halogens is 1. The average molecular weight is 218 g/mol. The van der Waals surface area contributed by atoms with Crippen molar-refractivity contribution in [1.82, 2.24) is 0 Å². The minimum absolute atomic E-state index is 0.0716. The average Bonchev–Trinajstić information content (AvgIpc) is 2.23. The third-order valence-electron chi connectivity index (χ3n) is 2.84. The first kappa shape index (κ1) is 10.5. The largest absolute Gasteiger partial charge is 0.0840 e. The molecule has 1 aromatic carbocycles. The molecule has 15 heavy (non-hydrogen) atoms. The normalized spacial score (nSPS) is 25.1. The van der Waals surface area contributed by atoms with E-state index in [0.717, 1.165) is 10.6 Å². The van der Waals surface area contributed by atoms with E-state index in [-0.39, 0.29) is 5.41 Å². The highest BCUT2D eigenvalue weighted by Gasteiger charge is 2.26. The van der Waals surface area contributed by atoms with E-state index >= 15 is 0 Å². The van der Waals surface area contributed by atoms with Crippen LogP contribution in [-0.4, -0.2) is 0 Å². The number of benzene rings is 1. The van der Waals surface area contributed by atoms with E-state index in [2.05, 4.69) is 44.6 Å². The summed E-state index contributed by atoms with van der Waals surface area (Å²) in [4.78, 5) is 0. The molecule has 1 aliphatic carbocycles. The second kappa shape index (κ2) is 3.86. The molecule has 0 saturated carbocycles. The lowest BCUT2D eigenvalue weighted by atomic mass is 9.76. The third-order valence-corrected chi connectivity index (χ3v) is 3.17. The quantitative estimate of drug-likeness (QED) is 0.657. The fraction of sp³-hybridized carbons (Fsp3) is 0.214. The summed E-state index contributed by atoms with van der Waals surface area (Å²) in [7, 11) is 0. The van der Waals surface area contributed by atoms with E-state index in [1.54, 1.807) is 0 Å². The molecule has 0 amide bonds. The van der Waals surface area contributed by atoms with Crippen LogP contribution in [0.4, 0.5) is 0 Å².